The Morgan fingerprint density at radius 3 is 2.44 bits per heavy atom. The van der Waals surface area contributed by atoms with Crippen LogP contribution in [-0.2, 0) is 13.1 Å². The normalized spacial score (nSPS) is 15.4. The van der Waals surface area contributed by atoms with Crippen molar-refractivity contribution < 1.29 is 0 Å². The van der Waals surface area contributed by atoms with Crippen LogP contribution >= 0.6 is 0 Å². The SMILES string of the molecule is Cc1ccccc1CN1CCN(Cc2ccn3ncc(-n4ccc(=O)[nH]c4=O)c3c2)CC1. The minimum absolute atomic E-state index is 0.412. The highest BCUT2D eigenvalue weighted by Crippen LogP contribution is 2.18. The second-order valence-corrected chi connectivity index (χ2v) is 8.35. The molecule has 4 heterocycles. The Bertz CT molecular complexity index is 1360. The fourth-order valence-corrected chi connectivity index (χ4v) is 4.29. The number of rotatable bonds is 5. The Morgan fingerprint density at radius 1 is 0.938 bits per heavy atom. The van der Waals surface area contributed by atoms with Crippen molar-refractivity contribution in [2.24, 2.45) is 0 Å². The van der Waals surface area contributed by atoms with Gasteiger partial charge in [0, 0.05) is 57.7 Å². The molecule has 164 valence electrons. The van der Waals surface area contributed by atoms with Crippen molar-refractivity contribution in [3.8, 4) is 5.69 Å². The Morgan fingerprint density at radius 2 is 1.69 bits per heavy atom. The molecule has 8 nitrogen and oxygen atoms in total. The smallest absolute Gasteiger partial charge is 0.297 e. The summed E-state index contributed by atoms with van der Waals surface area (Å²) in [5.41, 5.74) is 4.52. The number of hydrogen-bond donors (Lipinski definition) is 1. The zero-order chi connectivity index (χ0) is 22.1. The summed E-state index contributed by atoms with van der Waals surface area (Å²) in [4.78, 5) is 30.9. The van der Waals surface area contributed by atoms with E-state index in [-0.39, 0.29) is 0 Å². The maximum Gasteiger partial charge on any atom is 0.333 e. The predicted octanol–water partition coefficient (Wildman–Crippen LogP) is 1.80. The molecule has 0 unspecified atom stereocenters. The summed E-state index contributed by atoms with van der Waals surface area (Å²) in [6.45, 7) is 8.14. The van der Waals surface area contributed by atoms with E-state index in [1.54, 1.807) is 10.7 Å². The van der Waals surface area contributed by atoms with Crippen molar-refractivity contribution in [2.45, 2.75) is 20.0 Å². The first-order valence-corrected chi connectivity index (χ1v) is 10.8. The fourth-order valence-electron chi connectivity index (χ4n) is 4.29. The lowest BCUT2D eigenvalue weighted by Gasteiger charge is -2.35. The van der Waals surface area contributed by atoms with Gasteiger partial charge < -0.3 is 0 Å². The fraction of sp³-hybridized carbons (Fsp3) is 0.292. The molecule has 1 N–H and O–H groups in total. The van der Waals surface area contributed by atoms with Crippen LogP contribution in [0, 0.1) is 6.92 Å². The van der Waals surface area contributed by atoms with Gasteiger partial charge in [0.25, 0.3) is 5.56 Å². The van der Waals surface area contributed by atoms with E-state index < -0.39 is 11.2 Å². The van der Waals surface area contributed by atoms with E-state index in [9.17, 15) is 9.59 Å². The molecular weight excluding hydrogens is 404 g/mol. The lowest BCUT2D eigenvalue weighted by Crippen LogP contribution is -2.45. The van der Waals surface area contributed by atoms with Gasteiger partial charge in [-0.1, -0.05) is 24.3 Å². The number of nitrogens with zero attached hydrogens (tertiary/aromatic N) is 5. The summed E-state index contributed by atoms with van der Waals surface area (Å²) in [6, 6.07) is 14.1. The van der Waals surface area contributed by atoms with Crippen molar-refractivity contribution in [2.75, 3.05) is 26.2 Å². The Kier molecular flexibility index (Phi) is 5.46. The van der Waals surface area contributed by atoms with E-state index in [1.807, 2.05) is 6.20 Å². The molecule has 0 aliphatic carbocycles. The Balaban J connectivity index is 1.28. The average molecular weight is 431 g/mol. The number of nitrogens with one attached hydrogen (secondary N) is 1. The number of aromatic amines is 1. The standard InChI is InChI=1S/C24H26N6O2/c1-18-4-2-3-5-20(18)17-28-12-10-27(11-13-28)16-19-6-9-30-21(14-19)22(15-25-30)29-8-7-23(31)26-24(29)32/h2-9,14-15H,10-13,16-17H2,1H3,(H,26,31,32). The summed E-state index contributed by atoms with van der Waals surface area (Å²) in [5.74, 6) is 0. The highest BCUT2D eigenvalue weighted by molar-refractivity contribution is 5.64. The molecule has 1 aliphatic rings. The summed E-state index contributed by atoms with van der Waals surface area (Å²) in [7, 11) is 0. The maximum absolute atomic E-state index is 12.2. The Labute approximate surface area is 185 Å². The van der Waals surface area contributed by atoms with Gasteiger partial charge in [0.05, 0.1) is 17.4 Å². The van der Waals surface area contributed by atoms with E-state index in [2.05, 4.69) is 63.2 Å². The van der Waals surface area contributed by atoms with Crippen molar-refractivity contribution >= 4 is 5.52 Å². The number of hydrogen-bond acceptors (Lipinski definition) is 5. The van der Waals surface area contributed by atoms with E-state index in [0.29, 0.717) is 5.69 Å². The van der Waals surface area contributed by atoms with Crippen LogP contribution in [-0.4, -0.2) is 55.1 Å². The highest BCUT2D eigenvalue weighted by atomic mass is 16.2. The van der Waals surface area contributed by atoms with Crippen LogP contribution < -0.4 is 11.2 Å². The van der Waals surface area contributed by atoms with Crippen LogP contribution in [0.3, 0.4) is 0 Å². The third-order valence-electron chi connectivity index (χ3n) is 6.18. The lowest BCUT2D eigenvalue weighted by molar-refractivity contribution is 0.122. The second kappa shape index (κ2) is 8.57. The van der Waals surface area contributed by atoms with E-state index in [4.69, 9.17) is 0 Å². The first kappa shape index (κ1) is 20.4. The van der Waals surface area contributed by atoms with E-state index >= 15 is 0 Å². The van der Waals surface area contributed by atoms with Crippen LogP contribution in [0.5, 0.6) is 0 Å². The number of aryl methyl sites for hydroxylation is 1. The van der Waals surface area contributed by atoms with Gasteiger partial charge in [-0.25, -0.2) is 9.31 Å². The molecule has 0 atom stereocenters. The number of fused-ring (bicyclic) bond motifs is 1. The van der Waals surface area contributed by atoms with Crippen LogP contribution in [0.4, 0.5) is 0 Å². The minimum atomic E-state index is -0.470. The van der Waals surface area contributed by atoms with E-state index in [1.165, 1.54) is 33.5 Å². The zero-order valence-electron chi connectivity index (χ0n) is 18.1. The number of aromatic nitrogens is 4. The van der Waals surface area contributed by atoms with Crippen molar-refractivity contribution in [3.63, 3.8) is 0 Å². The zero-order valence-corrected chi connectivity index (χ0v) is 18.1. The maximum atomic E-state index is 12.2. The molecule has 0 spiro atoms. The highest BCUT2D eigenvalue weighted by Gasteiger charge is 2.18. The van der Waals surface area contributed by atoms with Crippen molar-refractivity contribution in [1.82, 2.24) is 29.0 Å². The molecule has 4 aromatic rings. The van der Waals surface area contributed by atoms with Gasteiger partial charge in [-0.2, -0.15) is 5.10 Å². The summed E-state index contributed by atoms with van der Waals surface area (Å²) >= 11 is 0. The summed E-state index contributed by atoms with van der Waals surface area (Å²) in [5, 5.41) is 4.35. The first-order valence-electron chi connectivity index (χ1n) is 10.8. The van der Waals surface area contributed by atoms with Gasteiger partial charge in [-0.15, -0.1) is 0 Å². The van der Waals surface area contributed by atoms with Gasteiger partial charge in [0.15, 0.2) is 0 Å². The van der Waals surface area contributed by atoms with Crippen LogP contribution in [0.2, 0.25) is 0 Å². The molecule has 0 bridgehead atoms. The van der Waals surface area contributed by atoms with Gasteiger partial charge in [-0.05, 0) is 35.7 Å². The van der Waals surface area contributed by atoms with Crippen molar-refractivity contribution in [3.05, 3.63) is 98.6 Å². The largest absolute Gasteiger partial charge is 0.333 e. The van der Waals surface area contributed by atoms with E-state index in [0.717, 1.165) is 44.8 Å². The molecule has 0 saturated carbocycles. The molecule has 8 heteroatoms. The monoisotopic (exact) mass is 430 g/mol. The predicted molar refractivity (Wildman–Crippen MR) is 123 cm³/mol. The topological polar surface area (TPSA) is 78.6 Å². The van der Waals surface area contributed by atoms with Gasteiger partial charge in [0.2, 0.25) is 0 Å². The van der Waals surface area contributed by atoms with Crippen LogP contribution in [0.25, 0.3) is 11.2 Å². The molecule has 1 fully saturated rings. The Hall–Kier alpha value is -3.49. The molecule has 1 aliphatic heterocycles. The molecule has 0 amide bonds. The number of benzene rings is 1. The van der Waals surface area contributed by atoms with Crippen LogP contribution in [0.1, 0.15) is 16.7 Å². The number of pyridine rings is 1. The molecule has 3 aromatic heterocycles. The van der Waals surface area contributed by atoms with Gasteiger partial charge in [-0.3, -0.25) is 24.1 Å². The number of piperazine rings is 1. The molecule has 1 aromatic carbocycles. The van der Waals surface area contributed by atoms with Gasteiger partial charge >= 0.3 is 5.69 Å². The molecule has 32 heavy (non-hydrogen) atoms. The average Bonchev–Trinajstić information content (AvgIpc) is 3.20. The summed E-state index contributed by atoms with van der Waals surface area (Å²) in [6.07, 6.45) is 5.04. The summed E-state index contributed by atoms with van der Waals surface area (Å²) < 4.78 is 3.16. The quantitative estimate of drug-likeness (QED) is 0.522. The lowest BCUT2D eigenvalue weighted by atomic mass is 10.1. The number of H-pyrrole nitrogens is 1. The van der Waals surface area contributed by atoms with Gasteiger partial charge in [0.1, 0.15) is 0 Å². The molecular formula is C24H26N6O2. The van der Waals surface area contributed by atoms with Crippen LogP contribution in [0.15, 0.2) is 70.6 Å². The molecule has 0 radical (unpaired) electrons. The molecule has 1 saturated heterocycles. The third-order valence-corrected chi connectivity index (χ3v) is 6.18. The minimum Gasteiger partial charge on any atom is -0.297 e. The third kappa shape index (κ3) is 4.15. The van der Waals surface area contributed by atoms with Crippen molar-refractivity contribution in [1.29, 1.82) is 0 Å². The second-order valence-electron chi connectivity index (χ2n) is 8.35. The first-order chi connectivity index (χ1) is 15.6. The molecule has 5 rings (SSSR count).